The summed E-state index contributed by atoms with van der Waals surface area (Å²) in [5, 5.41) is 0.857. The fraction of sp³-hybridized carbons (Fsp3) is 0.438. The monoisotopic (exact) mass is 291 g/mol. The summed E-state index contributed by atoms with van der Waals surface area (Å²) in [6, 6.07) is 8.22. The van der Waals surface area contributed by atoms with Crippen molar-refractivity contribution in [2.75, 3.05) is 5.73 Å². The number of aromatic amines is 1. The number of hydrogen-bond donors (Lipinski definition) is 2. The number of rotatable bonds is 2. The largest absolute Gasteiger partial charge is 0.369 e. The molecule has 1 aromatic heterocycles. The molecule has 0 amide bonds. The lowest BCUT2D eigenvalue weighted by atomic mass is 10.0. The number of nitrogens with one attached hydrogen (secondary N) is 1. The second kappa shape index (κ2) is 5.88. The van der Waals surface area contributed by atoms with Crippen LogP contribution in [-0.4, -0.2) is 9.97 Å². The molecular formula is C16H22ClN3. The summed E-state index contributed by atoms with van der Waals surface area (Å²) < 4.78 is 0. The van der Waals surface area contributed by atoms with E-state index < -0.39 is 0 Å². The molecule has 3 nitrogen and oxygen atoms in total. The lowest BCUT2D eigenvalue weighted by Gasteiger charge is -2.03. The number of H-pyrrole nitrogens is 1. The fourth-order valence-electron chi connectivity index (χ4n) is 2.32. The van der Waals surface area contributed by atoms with Crippen molar-refractivity contribution in [3.8, 4) is 0 Å². The second-order valence-electron chi connectivity index (χ2n) is 5.95. The molecule has 1 aliphatic rings. The maximum Gasteiger partial charge on any atom is 0.197 e. The molecule has 1 saturated carbocycles. The van der Waals surface area contributed by atoms with Crippen molar-refractivity contribution in [3.63, 3.8) is 0 Å². The molecule has 0 unspecified atom stereocenters. The van der Waals surface area contributed by atoms with E-state index in [2.05, 4.69) is 35.9 Å². The smallest absolute Gasteiger partial charge is 0.197 e. The Morgan fingerprint density at radius 3 is 2.55 bits per heavy atom. The van der Waals surface area contributed by atoms with Crippen LogP contribution in [0.25, 0.3) is 0 Å². The first-order valence-electron chi connectivity index (χ1n) is 6.97. The number of imidazole rings is 1. The zero-order valence-electron chi connectivity index (χ0n) is 12.3. The van der Waals surface area contributed by atoms with E-state index in [0.717, 1.165) is 23.1 Å². The predicted molar refractivity (Wildman–Crippen MR) is 85.0 cm³/mol. The van der Waals surface area contributed by atoms with E-state index in [1.165, 1.54) is 12.0 Å². The molecular weight excluding hydrogens is 270 g/mol. The van der Waals surface area contributed by atoms with Crippen molar-refractivity contribution in [3.05, 3.63) is 46.7 Å². The highest BCUT2D eigenvalue weighted by molar-refractivity contribution is 6.30. The second-order valence-corrected chi connectivity index (χ2v) is 6.38. The maximum absolute atomic E-state index is 5.91. The first-order valence-corrected chi connectivity index (χ1v) is 7.35. The Labute approximate surface area is 125 Å². The Morgan fingerprint density at radius 1 is 1.45 bits per heavy atom. The molecule has 0 saturated heterocycles. The van der Waals surface area contributed by atoms with E-state index in [9.17, 15) is 0 Å². The van der Waals surface area contributed by atoms with Crippen molar-refractivity contribution >= 4 is 17.5 Å². The zero-order chi connectivity index (χ0) is 14.8. The SMILES string of the molecule is CC1(C)C[C@H]1c1cccc(Cl)c1.CCc1cnc(N)[nH]1. The summed E-state index contributed by atoms with van der Waals surface area (Å²) in [6.07, 6.45) is 4.01. The minimum atomic E-state index is 0.502. The van der Waals surface area contributed by atoms with Crippen LogP contribution in [0.2, 0.25) is 5.02 Å². The molecule has 4 heteroatoms. The molecule has 1 aromatic carbocycles. The van der Waals surface area contributed by atoms with Gasteiger partial charge >= 0.3 is 0 Å². The van der Waals surface area contributed by atoms with Gasteiger partial charge in [0.15, 0.2) is 5.95 Å². The highest BCUT2D eigenvalue weighted by Gasteiger charge is 2.46. The predicted octanol–water partition coefficient (Wildman–Crippen LogP) is 4.41. The quantitative estimate of drug-likeness (QED) is 0.861. The molecule has 3 rings (SSSR count). The first kappa shape index (κ1) is 14.9. The Kier molecular flexibility index (Phi) is 4.39. The van der Waals surface area contributed by atoms with E-state index in [1.807, 2.05) is 19.1 Å². The van der Waals surface area contributed by atoms with E-state index in [-0.39, 0.29) is 0 Å². The summed E-state index contributed by atoms with van der Waals surface area (Å²) in [6.45, 7) is 6.66. The molecule has 3 N–H and O–H groups in total. The molecule has 1 fully saturated rings. The number of halogens is 1. The van der Waals surface area contributed by atoms with Crippen LogP contribution in [-0.2, 0) is 6.42 Å². The number of anilines is 1. The lowest BCUT2D eigenvalue weighted by Crippen LogP contribution is -1.88. The summed E-state index contributed by atoms with van der Waals surface area (Å²) in [4.78, 5) is 6.70. The molecule has 1 heterocycles. The molecule has 1 aliphatic carbocycles. The minimum absolute atomic E-state index is 0.502. The normalized spacial score (nSPS) is 19.1. The van der Waals surface area contributed by atoms with Gasteiger partial charge < -0.3 is 10.7 Å². The molecule has 0 radical (unpaired) electrons. The van der Waals surface area contributed by atoms with Crippen LogP contribution in [0.5, 0.6) is 0 Å². The molecule has 0 bridgehead atoms. The summed E-state index contributed by atoms with van der Waals surface area (Å²) in [5.41, 5.74) is 8.27. The van der Waals surface area contributed by atoms with E-state index >= 15 is 0 Å². The Morgan fingerprint density at radius 2 is 2.15 bits per heavy atom. The van der Waals surface area contributed by atoms with E-state index in [0.29, 0.717) is 11.4 Å². The zero-order valence-corrected chi connectivity index (χ0v) is 13.0. The number of aromatic nitrogens is 2. The number of benzene rings is 1. The number of nitrogens with two attached hydrogens (primary N) is 1. The average Bonchev–Trinajstić information content (AvgIpc) is 2.83. The van der Waals surface area contributed by atoms with Crippen LogP contribution in [0.3, 0.4) is 0 Å². The van der Waals surface area contributed by atoms with E-state index in [1.54, 1.807) is 6.20 Å². The number of nitrogens with zero attached hydrogens (tertiary/aromatic N) is 1. The van der Waals surface area contributed by atoms with Gasteiger partial charge in [-0.1, -0.05) is 44.5 Å². The van der Waals surface area contributed by atoms with Gasteiger partial charge in [-0.3, -0.25) is 0 Å². The third-order valence-corrected chi connectivity index (χ3v) is 4.03. The van der Waals surface area contributed by atoms with Crippen molar-refractivity contribution in [2.45, 2.75) is 39.5 Å². The Bertz CT molecular complexity index is 575. The van der Waals surface area contributed by atoms with Crippen LogP contribution in [0, 0.1) is 5.41 Å². The van der Waals surface area contributed by atoms with Gasteiger partial charge in [-0.25, -0.2) is 4.98 Å². The first-order chi connectivity index (χ1) is 9.42. The van der Waals surface area contributed by atoms with Crippen molar-refractivity contribution < 1.29 is 0 Å². The van der Waals surface area contributed by atoms with Gasteiger partial charge in [0.25, 0.3) is 0 Å². The van der Waals surface area contributed by atoms with Gasteiger partial charge in [0.05, 0.1) is 6.20 Å². The third-order valence-electron chi connectivity index (χ3n) is 3.79. The van der Waals surface area contributed by atoms with E-state index in [4.69, 9.17) is 17.3 Å². The lowest BCUT2D eigenvalue weighted by molar-refractivity contribution is 0.622. The molecule has 20 heavy (non-hydrogen) atoms. The number of aryl methyl sites for hydroxylation is 1. The summed E-state index contributed by atoms with van der Waals surface area (Å²) >= 11 is 5.91. The van der Waals surface area contributed by atoms with Gasteiger partial charge in [0, 0.05) is 10.7 Å². The van der Waals surface area contributed by atoms with Crippen LogP contribution < -0.4 is 5.73 Å². The van der Waals surface area contributed by atoms with Crippen molar-refractivity contribution in [2.24, 2.45) is 5.41 Å². The summed E-state index contributed by atoms with van der Waals surface area (Å²) in [5.74, 6) is 1.23. The average molecular weight is 292 g/mol. The highest BCUT2D eigenvalue weighted by atomic mass is 35.5. The Balaban J connectivity index is 0.000000160. The number of hydrogen-bond acceptors (Lipinski definition) is 2. The third kappa shape index (κ3) is 3.76. The molecule has 1 atom stereocenters. The van der Waals surface area contributed by atoms with Crippen molar-refractivity contribution in [1.29, 1.82) is 0 Å². The maximum atomic E-state index is 5.91. The molecule has 0 spiro atoms. The standard InChI is InChI=1S/C11H13Cl.C5H9N3/c1-11(2)7-10(11)8-4-3-5-9(12)6-8;1-2-4-3-7-5(6)8-4/h3-6,10H,7H2,1-2H3;3H,2H2,1H3,(H3,6,7,8)/t10-;/m0./s1. The summed E-state index contributed by atoms with van der Waals surface area (Å²) in [7, 11) is 0. The molecule has 2 aromatic rings. The minimum Gasteiger partial charge on any atom is -0.369 e. The van der Waals surface area contributed by atoms with Crippen LogP contribution >= 0.6 is 11.6 Å². The van der Waals surface area contributed by atoms with Gasteiger partial charge in [0.1, 0.15) is 0 Å². The Hall–Kier alpha value is -1.48. The molecule has 108 valence electrons. The van der Waals surface area contributed by atoms with Gasteiger partial charge in [-0.15, -0.1) is 0 Å². The number of nitrogen functional groups attached to an aromatic ring is 1. The van der Waals surface area contributed by atoms with Gasteiger partial charge in [0.2, 0.25) is 0 Å². The van der Waals surface area contributed by atoms with Crippen LogP contribution in [0.4, 0.5) is 5.95 Å². The van der Waals surface area contributed by atoms with Crippen LogP contribution in [0.1, 0.15) is 44.4 Å². The topological polar surface area (TPSA) is 54.7 Å². The van der Waals surface area contributed by atoms with Crippen molar-refractivity contribution in [1.82, 2.24) is 9.97 Å². The molecule has 0 aliphatic heterocycles. The van der Waals surface area contributed by atoms with Gasteiger partial charge in [-0.2, -0.15) is 0 Å². The fourth-order valence-corrected chi connectivity index (χ4v) is 2.51. The van der Waals surface area contributed by atoms with Gasteiger partial charge in [-0.05, 0) is 41.9 Å². The highest BCUT2D eigenvalue weighted by Crippen LogP contribution is 2.58. The van der Waals surface area contributed by atoms with Crippen LogP contribution in [0.15, 0.2) is 30.5 Å².